The van der Waals surface area contributed by atoms with Crippen molar-refractivity contribution in [1.29, 1.82) is 0 Å². The SMILES string of the molecule is C=CCn1cnc2c(NC(CC)CC)nc(C#CC3(O)CCCC(C)C3)nc21. The molecule has 6 nitrogen and oxygen atoms in total. The third-order valence-electron chi connectivity index (χ3n) is 5.50. The Morgan fingerprint density at radius 1 is 1.43 bits per heavy atom. The molecule has 2 aromatic rings. The molecule has 1 fully saturated rings. The highest BCUT2D eigenvalue weighted by Gasteiger charge is 2.30. The second kappa shape index (κ2) is 8.74. The van der Waals surface area contributed by atoms with Crippen molar-refractivity contribution in [2.24, 2.45) is 5.92 Å². The topological polar surface area (TPSA) is 75.9 Å². The third kappa shape index (κ3) is 4.53. The standard InChI is InChI=1S/C22H31N5O/c1-5-13-27-15-23-19-20(24-17(6-2)7-3)25-18(26-21(19)27)10-12-22(28)11-8-9-16(4)14-22/h5,15-17,28H,1,6-9,11,13-14H2,2-4H3,(H,24,25,26). The maximum absolute atomic E-state index is 10.8. The number of rotatable bonds is 6. The van der Waals surface area contributed by atoms with Crippen molar-refractivity contribution in [1.82, 2.24) is 19.5 Å². The lowest BCUT2D eigenvalue weighted by Crippen LogP contribution is -2.32. The average Bonchev–Trinajstić information content (AvgIpc) is 3.08. The predicted octanol–water partition coefficient (Wildman–Crippen LogP) is 3.91. The van der Waals surface area contributed by atoms with Gasteiger partial charge in [-0.25, -0.2) is 15.0 Å². The Morgan fingerprint density at radius 3 is 2.89 bits per heavy atom. The highest BCUT2D eigenvalue weighted by molar-refractivity contribution is 5.83. The molecule has 1 aliphatic carbocycles. The lowest BCUT2D eigenvalue weighted by molar-refractivity contribution is 0.0410. The van der Waals surface area contributed by atoms with Gasteiger partial charge in [0.1, 0.15) is 5.60 Å². The van der Waals surface area contributed by atoms with Gasteiger partial charge in [-0.15, -0.1) is 6.58 Å². The number of nitrogens with one attached hydrogen (secondary N) is 1. The Morgan fingerprint density at radius 2 is 2.21 bits per heavy atom. The Kier molecular flexibility index (Phi) is 6.35. The quantitative estimate of drug-likeness (QED) is 0.586. The van der Waals surface area contributed by atoms with E-state index in [2.05, 4.69) is 59.5 Å². The number of aromatic nitrogens is 4. The molecule has 2 heterocycles. The summed E-state index contributed by atoms with van der Waals surface area (Å²) < 4.78 is 1.94. The van der Waals surface area contributed by atoms with Crippen molar-refractivity contribution < 1.29 is 5.11 Å². The van der Waals surface area contributed by atoms with E-state index >= 15 is 0 Å². The molecule has 6 heteroatoms. The summed E-state index contributed by atoms with van der Waals surface area (Å²) in [6, 6.07) is 0.312. The van der Waals surface area contributed by atoms with Gasteiger partial charge in [-0.05, 0) is 43.9 Å². The number of imidazole rings is 1. The minimum atomic E-state index is -0.944. The van der Waals surface area contributed by atoms with E-state index in [1.807, 2.05) is 10.6 Å². The molecule has 0 spiro atoms. The molecule has 150 valence electrons. The summed E-state index contributed by atoms with van der Waals surface area (Å²) in [6.07, 6.45) is 9.12. The van der Waals surface area contributed by atoms with Crippen molar-refractivity contribution in [3.8, 4) is 11.8 Å². The number of fused-ring (bicyclic) bond motifs is 1. The molecule has 0 aliphatic heterocycles. The van der Waals surface area contributed by atoms with E-state index in [1.54, 1.807) is 6.33 Å². The molecule has 0 bridgehead atoms. The minimum Gasteiger partial charge on any atom is -0.378 e. The van der Waals surface area contributed by atoms with Gasteiger partial charge in [0.15, 0.2) is 17.0 Å². The first-order valence-electron chi connectivity index (χ1n) is 10.3. The molecule has 0 radical (unpaired) electrons. The Hall–Kier alpha value is -2.39. The van der Waals surface area contributed by atoms with Crippen molar-refractivity contribution in [2.75, 3.05) is 5.32 Å². The van der Waals surface area contributed by atoms with E-state index in [4.69, 9.17) is 0 Å². The van der Waals surface area contributed by atoms with Gasteiger partial charge in [-0.1, -0.05) is 39.2 Å². The van der Waals surface area contributed by atoms with Gasteiger partial charge in [0.05, 0.1) is 6.33 Å². The number of anilines is 1. The first-order chi connectivity index (χ1) is 13.5. The van der Waals surface area contributed by atoms with Crippen LogP contribution in [-0.2, 0) is 6.54 Å². The first kappa shape index (κ1) is 20.3. The Labute approximate surface area is 167 Å². The average molecular weight is 382 g/mol. The second-order valence-corrected chi connectivity index (χ2v) is 7.89. The van der Waals surface area contributed by atoms with Crippen LogP contribution in [0.2, 0.25) is 0 Å². The lowest BCUT2D eigenvalue weighted by atomic mass is 9.79. The van der Waals surface area contributed by atoms with Gasteiger partial charge in [0.25, 0.3) is 0 Å². The summed E-state index contributed by atoms with van der Waals surface area (Å²) >= 11 is 0. The number of hydrogen-bond acceptors (Lipinski definition) is 5. The molecule has 2 unspecified atom stereocenters. The summed E-state index contributed by atoms with van der Waals surface area (Å²) in [5, 5.41) is 14.3. The van der Waals surface area contributed by atoms with Crippen molar-refractivity contribution >= 4 is 17.0 Å². The van der Waals surface area contributed by atoms with E-state index in [-0.39, 0.29) is 0 Å². The number of nitrogens with zero attached hydrogens (tertiary/aromatic N) is 4. The Balaban J connectivity index is 2.01. The second-order valence-electron chi connectivity index (χ2n) is 7.89. The fraction of sp³-hybridized carbons (Fsp3) is 0.591. The fourth-order valence-corrected chi connectivity index (χ4v) is 3.87. The van der Waals surface area contributed by atoms with Gasteiger partial charge in [0.2, 0.25) is 5.82 Å². The van der Waals surface area contributed by atoms with Crippen LogP contribution in [0, 0.1) is 17.8 Å². The van der Waals surface area contributed by atoms with Gasteiger partial charge in [0, 0.05) is 12.6 Å². The Bertz CT molecular complexity index is 889. The van der Waals surface area contributed by atoms with Crippen LogP contribution < -0.4 is 5.32 Å². The first-order valence-corrected chi connectivity index (χ1v) is 10.3. The summed E-state index contributed by atoms with van der Waals surface area (Å²) in [4.78, 5) is 13.8. The normalized spacial score (nSPS) is 22.1. The van der Waals surface area contributed by atoms with Crippen LogP contribution >= 0.6 is 0 Å². The molecule has 0 saturated heterocycles. The fourth-order valence-electron chi connectivity index (χ4n) is 3.87. The number of aliphatic hydroxyl groups is 1. The van der Waals surface area contributed by atoms with Gasteiger partial charge >= 0.3 is 0 Å². The van der Waals surface area contributed by atoms with Crippen LogP contribution in [0.25, 0.3) is 11.2 Å². The molecule has 2 atom stereocenters. The largest absolute Gasteiger partial charge is 0.378 e. The van der Waals surface area contributed by atoms with Crippen LogP contribution in [-0.4, -0.2) is 36.3 Å². The van der Waals surface area contributed by atoms with Gasteiger partial charge in [-0.3, -0.25) is 0 Å². The van der Waals surface area contributed by atoms with Crippen LogP contribution in [0.3, 0.4) is 0 Å². The summed E-state index contributed by atoms with van der Waals surface area (Å²) in [5.41, 5.74) is 0.529. The smallest absolute Gasteiger partial charge is 0.209 e. The number of hydrogen-bond donors (Lipinski definition) is 2. The molecular formula is C22H31N5O. The van der Waals surface area contributed by atoms with Crippen molar-refractivity contribution in [2.45, 2.75) is 77.5 Å². The molecular weight excluding hydrogens is 350 g/mol. The van der Waals surface area contributed by atoms with Crippen LogP contribution in [0.1, 0.15) is 65.1 Å². The minimum absolute atomic E-state index is 0.312. The number of allylic oxidation sites excluding steroid dienone is 1. The predicted molar refractivity (Wildman–Crippen MR) is 113 cm³/mol. The van der Waals surface area contributed by atoms with E-state index in [0.29, 0.717) is 43.0 Å². The maximum Gasteiger partial charge on any atom is 0.209 e. The molecule has 1 saturated carbocycles. The zero-order chi connectivity index (χ0) is 20.1. The molecule has 1 aliphatic rings. The van der Waals surface area contributed by atoms with Crippen molar-refractivity contribution in [3.63, 3.8) is 0 Å². The lowest BCUT2D eigenvalue weighted by Gasteiger charge is -2.30. The molecule has 2 N–H and O–H groups in total. The van der Waals surface area contributed by atoms with Crippen LogP contribution in [0.15, 0.2) is 19.0 Å². The van der Waals surface area contributed by atoms with E-state index in [9.17, 15) is 5.11 Å². The molecule has 3 rings (SSSR count). The summed E-state index contributed by atoms with van der Waals surface area (Å²) in [7, 11) is 0. The van der Waals surface area contributed by atoms with E-state index < -0.39 is 5.60 Å². The highest BCUT2D eigenvalue weighted by Crippen LogP contribution is 2.31. The zero-order valence-corrected chi connectivity index (χ0v) is 17.2. The van der Waals surface area contributed by atoms with E-state index in [1.165, 1.54) is 0 Å². The maximum atomic E-state index is 10.8. The van der Waals surface area contributed by atoms with Crippen LogP contribution in [0.4, 0.5) is 5.82 Å². The molecule has 28 heavy (non-hydrogen) atoms. The van der Waals surface area contributed by atoms with Gasteiger partial charge in [-0.2, -0.15) is 0 Å². The van der Waals surface area contributed by atoms with E-state index in [0.717, 1.165) is 36.8 Å². The zero-order valence-electron chi connectivity index (χ0n) is 17.2. The summed E-state index contributed by atoms with van der Waals surface area (Å²) in [5.74, 6) is 7.71. The van der Waals surface area contributed by atoms with Crippen molar-refractivity contribution in [3.05, 3.63) is 24.8 Å². The monoisotopic (exact) mass is 381 g/mol. The molecule has 2 aromatic heterocycles. The third-order valence-corrected chi connectivity index (χ3v) is 5.50. The van der Waals surface area contributed by atoms with Gasteiger partial charge < -0.3 is 15.0 Å². The highest BCUT2D eigenvalue weighted by atomic mass is 16.3. The van der Waals surface area contributed by atoms with Crippen LogP contribution in [0.5, 0.6) is 0 Å². The summed E-state index contributed by atoms with van der Waals surface area (Å²) in [6.45, 7) is 10.9. The molecule has 0 aromatic carbocycles. The molecule has 0 amide bonds.